The van der Waals surface area contributed by atoms with Gasteiger partial charge in [-0.25, -0.2) is 8.42 Å². The van der Waals surface area contributed by atoms with Gasteiger partial charge in [0, 0.05) is 6.54 Å². The average molecular weight is 472 g/mol. The number of thiophene rings is 1. The Labute approximate surface area is 194 Å². The quantitative estimate of drug-likeness (QED) is 0.467. The van der Waals surface area contributed by atoms with Crippen LogP contribution in [0.5, 0.6) is 11.5 Å². The summed E-state index contributed by atoms with van der Waals surface area (Å²) in [6.45, 7) is 2.49. The number of sulfone groups is 1. The van der Waals surface area contributed by atoms with Crippen molar-refractivity contribution in [1.29, 1.82) is 0 Å². The molecule has 0 aliphatic carbocycles. The van der Waals surface area contributed by atoms with E-state index in [1.807, 2.05) is 35.7 Å². The summed E-state index contributed by atoms with van der Waals surface area (Å²) in [5.74, 6) is 1.46. The lowest BCUT2D eigenvalue weighted by atomic mass is 10.1. The molecule has 7 heteroatoms. The van der Waals surface area contributed by atoms with Gasteiger partial charge in [-0.3, -0.25) is 0 Å². The van der Waals surface area contributed by atoms with E-state index in [9.17, 15) is 8.42 Å². The molecule has 0 atom stereocenters. The number of hydrogen-bond acceptors (Lipinski definition) is 6. The van der Waals surface area contributed by atoms with Crippen LogP contribution in [0.1, 0.15) is 18.4 Å². The molecule has 0 spiro atoms. The molecule has 4 rings (SSSR count). The maximum absolute atomic E-state index is 13.2. The minimum atomic E-state index is -3.31. The second-order valence-corrected chi connectivity index (χ2v) is 11.1. The van der Waals surface area contributed by atoms with Gasteiger partial charge in [0.1, 0.15) is 0 Å². The van der Waals surface area contributed by atoms with Gasteiger partial charge in [-0.15, -0.1) is 0 Å². The first-order chi connectivity index (χ1) is 15.5. The maximum atomic E-state index is 13.2. The summed E-state index contributed by atoms with van der Waals surface area (Å²) in [7, 11) is -0.0352. The van der Waals surface area contributed by atoms with Gasteiger partial charge in [0.25, 0.3) is 0 Å². The van der Waals surface area contributed by atoms with E-state index in [4.69, 9.17) is 9.47 Å². The van der Waals surface area contributed by atoms with Crippen LogP contribution < -0.4 is 9.47 Å². The van der Waals surface area contributed by atoms with E-state index in [1.54, 1.807) is 37.7 Å². The highest BCUT2D eigenvalue weighted by Crippen LogP contribution is 2.29. The van der Waals surface area contributed by atoms with Crippen LogP contribution in [0.25, 0.3) is 11.1 Å². The molecule has 1 aliphatic rings. The van der Waals surface area contributed by atoms with E-state index in [-0.39, 0.29) is 5.25 Å². The van der Waals surface area contributed by atoms with Gasteiger partial charge >= 0.3 is 0 Å². The second kappa shape index (κ2) is 10.1. The van der Waals surface area contributed by atoms with Gasteiger partial charge in [0.05, 0.1) is 24.4 Å². The standard InChI is InChI=1S/C25H29NO4S2/c1-29-24-8-3-19(17-25(24)30-2)9-13-26-14-10-23(11-15-26)32(27,28)22-6-4-20(5-7-22)21-12-16-31-18-21/h3-8,12,16-18,23H,9-11,13-15H2,1-2H3. The van der Waals surface area contributed by atoms with Gasteiger partial charge in [0.2, 0.25) is 0 Å². The van der Waals surface area contributed by atoms with Crippen LogP contribution in [-0.2, 0) is 16.3 Å². The Balaban J connectivity index is 1.33. The van der Waals surface area contributed by atoms with Crippen molar-refractivity contribution in [3.8, 4) is 22.6 Å². The van der Waals surface area contributed by atoms with Crippen molar-refractivity contribution < 1.29 is 17.9 Å². The molecule has 1 fully saturated rings. The highest BCUT2D eigenvalue weighted by Gasteiger charge is 2.31. The minimum Gasteiger partial charge on any atom is -0.493 e. The number of benzene rings is 2. The number of ether oxygens (including phenoxy) is 2. The molecule has 170 valence electrons. The average Bonchev–Trinajstić information content (AvgIpc) is 3.38. The molecule has 3 aromatic rings. The van der Waals surface area contributed by atoms with Crippen LogP contribution in [-0.4, -0.2) is 52.4 Å². The van der Waals surface area contributed by atoms with Crippen molar-refractivity contribution in [2.75, 3.05) is 33.9 Å². The third-order valence-electron chi connectivity index (χ3n) is 6.18. The van der Waals surface area contributed by atoms with Gasteiger partial charge in [0.15, 0.2) is 21.3 Å². The van der Waals surface area contributed by atoms with Crippen LogP contribution in [0, 0.1) is 0 Å². The molecule has 0 unspecified atom stereocenters. The SMILES string of the molecule is COc1ccc(CCN2CCC(S(=O)(=O)c3ccc(-c4ccsc4)cc3)CC2)cc1OC. The zero-order valence-electron chi connectivity index (χ0n) is 18.5. The van der Waals surface area contributed by atoms with E-state index in [0.717, 1.165) is 48.7 Å². The number of nitrogens with zero attached hydrogens (tertiary/aromatic N) is 1. The molecule has 0 radical (unpaired) electrons. The minimum absolute atomic E-state index is 0.313. The maximum Gasteiger partial charge on any atom is 0.181 e. The molecule has 1 aromatic heterocycles. The molecule has 0 bridgehead atoms. The van der Waals surface area contributed by atoms with Crippen molar-refractivity contribution >= 4 is 21.2 Å². The molecule has 32 heavy (non-hydrogen) atoms. The number of methoxy groups -OCH3 is 2. The molecule has 5 nitrogen and oxygen atoms in total. The molecular weight excluding hydrogens is 442 g/mol. The van der Waals surface area contributed by atoms with Crippen LogP contribution in [0.3, 0.4) is 0 Å². The highest BCUT2D eigenvalue weighted by molar-refractivity contribution is 7.92. The molecule has 1 aliphatic heterocycles. The first-order valence-electron chi connectivity index (χ1n) is 10.8. The first-order valence-corrected chi connectivity index (χ1v) is 13.3. The summed E-state index contributed by atoms with van der Waals surface area (Å²) in [4.78, 5) is 2.78. The predicted molar refractivity (Wildman–Crippen MR) is 130 cm³/mol. The van der Waals surface area contributed by atoms with Crippen molar-refractivity contribution in [3.63, 3.8) is 0 Å². The van der Waals surface area contributed by atoms with Crippen LogP contribution in [0.4, 0.5) is 0 Å². The van der Waals surface area contributed by atoms with Crippen LogP contribution in [0.2, 0.25) is 0 Å². The lowest BCUT2D eigenvalue weighted by Gasteiger charge is -2.31. The topological polar surface area (TPSA) is 55.8 Å². The first kappa shape index (κ1) is 22.8. The monoisotopic (exact) mass is 471 g/mol. The third kappa shape index (κ3) is 5.00. The molecule has 2 heterocycles. The van der Waals surface area contributed by atoms with Crippen molar-refractivity contribution in [3.05, 3.63) is 64.9 Å². The van der Waals surface area contributed by atoms with Crippen molar-refractivity contribution in [2.45, 2.75) is 29.4 Å². The summed E-state index contributed by atoms with van der Waals surface area (Å²) in [5.41, 5.74) is 3.36. The molecule has 1 saturated heterocycles. The Bertz CT molecular complexity index is 1120. The number of piperidine rings is 1. The predicted octanol–water partition coefficient (Wildman–Crippen LogP) is 4.91. The third-order valence-corrected chi connectivity index (χ3v) is 9.14. The lowest BCUT2D eigenvalue weighted by Crippen LogP contribution is -2.40. The van der Waals surface area contributed by atoms with Crippen molar-refractivity contribution in [1.82, 2.24) is 4.90 Å². The summed E-state index contributed by atoms with van der Waals surface area (Å²) in [6.07, 6.45) is 2.23. The van der Waals surface area contributed by atoms with E-state index in [0.29, 0.717) is 17.7 Å². The normalized spacial score (nSPS) is 15.6. The zero-order chi connectivity index (χ0) is 22.6. The molecule has 0 amide bonds. The Morgan fingerprint density at radius 2 is 1.66 bits per heavy atom. The Morgan fingerprint density at radius 1 is 0.938 bits per heavy atom. The smallest absolute Gasteiger partial charge is 0.181 e. The lowest BCUT2D eigenvalue weighted by molar-refractivity contribution is 0.232. The van der Waals surface area contributed by atoms with Crippen LogP contribution >= 0.6 is 11.3 Å². The van der Waals surface area contributed by atoms with Gasteiger partial charge in [-0.05, 0) is 90.1 Å². The number of rotatable bonds is 8. The number of hydrogen-bond donors (Lipinski definition) is 0. The van der Waals surface area contributed by atoms with Gasteiger partial charge < -0.3 is 14.4 Å². The zero-order valence-corrected chi connectivity index (χ0v) is 20.1. The van der Waals surface area contributed by atoms with E-state index in [2.05, 4.69) is 16.3 Å². The summed E-state index contributed by atoms with van der Waals surface area (Å²) < 4.78 is 37.0. The van der Waals surface area contributed by atoms with E-state index in [1.165, 1.54) is 5.56 Å². The largest absolute Gasteiger partial charge is 0.493 e. The van der Waals surface area contributed by atoms with E-state index >= 15 is 0 Å². The fourth-order valence-electron chi connectivity index (χ4n) is 4.22. The Hall–Kier alpha value is -2.35. The van der Waals surface area contributed by atoms with Gasteiger partial charge in [-0.1, -0.05) is 18.2 Å². The summed E-state index contributed by atoms with van der Waals surface area (Å²) in [5, 5.41) is 3.78. The fourth-order valence-corrected chi connectivity index (χ4v) is 6.62. The fraction of sp³-hybridized carbons (Fsp3) is 0.360. The second-order valence-electron chi connectivity index (χ2n) is 8.06. The molecular formula is C25H29NO4S2. The van der Waals surface area contributed by atoms with Crippen molar-refractivity contribution in [2.24, 2.45) is 0 Å². The highest BCUT2D eigenvalue weighted by atomic mass is 32.2. The Morgan fingerprint density at radius 3 is 2.28 bits per heavy atom. The molecule has 0 saturated carbocycles. The number of likely N-dealkylation sites (tertiary alicyclic amines) is 1. The van der Waals surface area contributed by atoms with E-state index < -0.39 is 9.84 Å². The summed E-state index contributed by atoms with van der Waals surface area (Å²) in [6, 6.07) is 15.4. The van der Waals surface area contributed by atoms with Gasteiger partial charge in [-0.2, -0.15) is 11.3 Å². The Kier molecular flexibility index (Phi) is 7.18. The summed E-state index contributed by atoms with van der Waals surface area (Å²) >= 11 is 1.64. The van der Waals surface area contributed by atoms with Crippen LogP contribution in [0.15, 0.2) is 64.2 Å². The molecule has 2 aromatic carbocycles. The molecule has 0 N–H and O–H groups in total.